The molecule has 1 N–H and O–H groups in total. The summed E-state index contributed by atoms with van der Waals surface area (Å²) in [5.41, 5.74) is 4.93. The monoisotopic (exact) mass is 302 g/mol. The minimum absolute atomic E-state index is 0.137. The SMILES string of the molecule is Cc1ccc(C(=O)Nc2ccc(Cl)c3ncsc23)cc1. The minimum atomic E-state index is -0.137. The van der Waals surface area contributed by atoms with E-state index in [1.807, 2.05) is 31.2 Å². The Hall–Kier alpha value is -1.91. The highest BCUT2D eigenvalue weighted by Crippen LogP contribution is 2.32. The molecule has 0 atom stereocenters. The van der Waals surface area contributed by atoms with Gasteiger partial charge in [-0.15, -0.1) is 11.3 Å². The Labute approximate surface area is 125 Å². The summed E-state index contributed by atoms with van der Waals surface area (Å²) in [7, 11) is 0. The van der Waals surface area contributed by atoms with Crippen molar-refractivity contribution >= 4 is 44.7 Å². The van der Waals surface area contributed by atoms with Crippen molar-refractivity contribution in [3.63, 3.8) is 0 Å². The molecule has 5 heteroatoms. The van der Waals surface area contributed by atoms with Crippen molar-refractivity contribution in [3.05, 3.63) is 58.1 Å². The van der Waals surface area contributed by atoms with Crippen molar-refractivity contribution in [1.82, 2.24) is 4.98 Å². The maximum absolute atomic E-state index is 12.2. The van der Waals surface area contributed by atoms with Crippen LogP contribution in [0.4, 0.5) is 5.69 Å². The molecule has 0 spiro atoms. The summed E-state index contributed by atoms with van der Waals surface area (Å²) in [6.07, 6.45) is 0. The van der Waals surface area contributed by atoms with Gasteiger partial charge in [0.25, 0.3) is 5.91 Å². The fourth-order valence-corrected chi connectivity index (χ4v) is 2.96. The van der Waals surface area contributed by atoms with E-state index in [4.69, 9.17) is 11.6 Å². The van der Waals surface area contributed by atoms with E-state index in [9.17, 15) is 4.79 Å². The van der Waals surface area contributed by atoms with Crippen molar-refractivity contribution < 1.29 is 4.79 Å². The summed E-state index contributed by atoms with van der Waals surface area (Å²) in [6, 6.07) is 11.0. The van der Waals surface area contributed by atoms with Crippen molar-refractivity contribution in [2.24, 2.45) is 0 Å². The zero-order valence-electron chi connectivity index (χ0n) is 10.7. The van der Waals surface area contributed by atoms with Gasteiger partial charge in [-0.1, -0.05) is 29.3 Å². The van der Waals surface area contributed by atoms with Crippen LogP contribution >= 0.6 is 22.9 Å². The van der Waals surface area contributed by atoms with Crippen LogP contribution in [0.2, 0.25) is 5.02 Å². The molecule has 2 aromatic carbocycles. The minimum Gasteiger partial charge on any atom is -0.321 e. The molecule has 0 radical (unpaired) electrons. The van der Waals surface area contributed by atoms with Gasteiger partial charge < -0.3 is 5.32 Å². The summed E-state index contributed by atoms with van der Waals surface area (Å²) in [4.78, 5) is 16.4. The first-order valence-corrected chi connectivity index (χ1v) is 7.30. The number of fused-ring (bicyclic) bond motifs is 1. The Kier molecular flexibility index (Phi) is 3.42. The standard InChI is InChI=1S/C15H11ClN2OS/c1-9-2-4-10(5-3-9)15(19)18-12-7-6-11(16)13-14(12)20-8-17-13/h2-8H,1H3,(H,18,19). The van der Waals surface area contributed by atoms with Crippen LogP contribution in [-0.4, -0.2) is 10.9 Å². The molecule has 0 aliphatic carbocycles. The average Bonchev–Trinajstić information content (AvgIpc) is 2.93. The number of carbonyl (C=O) groups is 1. The molecule has 3 rings (SSSR count). The molecule has 1 amide bonds. The van der Waals surface area contributed by atoms with Crippen LogP contribution in [0.3, 0.4) is 0 Å². The van der Waals surface area contributed by atoms with Crippen molar-refractivity contribution in [2.45, 2.75) is 6.92 Å². The number of carbonyl (C=O) groups excluding carboxylic acids is 1. The number of rotatable bonds is 2. The van der Waals surface area contributed by atoms with Crippen LogP contribution in [0.15, 0.2) is 41.9 Å². The third-order valence-corrected chi connectivity index (χ3v) is 4.16. The first-order chi connectivity index (χ1) is 9.65. The fraction of sp³-hybridized carbons (Fsp3) is 0.0667. The second-order valence-corrected chi connectivity index (χ2v) is 5.71. The molecule has 3 nitrogen and oxygen atoms in total. The second-order valence-electron chi connectivity index (χ2n) is 4.45. The molecular weight excluding hydrogens is 292 g/mol. The van der Waals surface area contributed by atoms with Gasteiger partial charge in [0, 0.05) is 5.56 Å². The first kappa shape index (κ1) is 13.1. The largest absolute Gasteiger partial charge is 0.321 e. The van der Waals surface area contributed by atoms with Crippen molar-refractivity contribution in [3.8, 4) is 0 Å². The van der Waals surface area contributed by atoms with E-state index in [2.05, 4.69) is 10.3 Å². The second kappa shape index (κ2) is 5.23. The Bertz CT molecular complexity index is 780. The number of nitrogens with zero attached hydrogens (tertiary/aromatic N) is 1. The van der Waals surface area contributed by atoms with Gasteiger partial charge in [0.2, 0.25) is 0 Å². The zero-order valence-corrected chi connectivity index (χ0v) is 12.3. The third kappa shape index (κ3) is 2.40. The van der Waals surface area contributed by atoms with Gasteiger partial charge in [0.1, 0.15) is 5.52 Å². The molecule has 0 aliphatic heterocycles. The van der Waals surface area contributed by atoms with E-state index in [-0.39, 0.29) is 5.91 Å². The van der Waals surface area contributed by atoms with E-state index < -0.39 is 0 Å². The van der Waals surface area contributed by atoms with Gasteiger partial charge in [-0.2, -0.15) is 0 Å². The third-order valence-electron chi connectivity index (χ3n) is 3.00. The number of anilines is 1. The van der Waals surface area contributed by atoms with Gasteiger partial charge in [-0.25, -0.2) is 4.98 Å². The highest BCUT2D eigenvalue weighted by Gasteiger charge is 2.11. The van der Waals surface area contributed by atoms with Gasteiger partial charge in [-0.3, -0.25) is 4.79 Å². The van der Waals surface area contributed by atoms with E-state index in [0.717, 1.165) is 21.5 Å². The molecule has 0 saturated heterocycles. The summed E-state index contributed by atoms with van der Waals surface area (Å²) in [5, 5.41) is 3.50. The fourth-order valence-electron chi connectivity index (χ4n) is 1.92. The zero-order chi connectivity index (χ0) is 14.1. The Balaban J connectivity index is 1.93. The van der Waals surface area contributed by atoms with Crippen LogP contribution in [0.1, 0.15) is 15.9 Å². The summed E-state index contributed by atoms with van der Waals surface area (Å²) >= 11 is 7.53. The molecule has 20 heavy (non-hydrogen) atoms. The summed E-state index contributed by atoms with van der Waals surface area (Å²) < 4.78 is 0.887. The van der Waals surface area contributed by atoms with E-state index >= 15 is 0 Å². The van der Waals surface area contributed by atoms with Crippen LogP contribution < -0.4 is 5.32 Å². The number of aryl methyl sites for hydroxylation is 1. The van der Waals surface area contributed by atoms with E-state index in [0.29, 0.717) is 10.6 Å². The molecular formula is C15H11ClN2OS. The lowest BCUT2D eigenvalue weighted by Crippen LogP contribution is -2.11. The predicted molar refractivity (Wildman–Crippen MR) is 83.8 cm³/mol. The summed E-state index contributed by atoms with van der Waals surface area (Å²) in [6.45, 7) is 1.99. The lowest BCUT2D eigenvalue weighted by atomic mass is 10.1. The molecule has 3 aromatic rings. The smallest absolute Gasteiger partial charge is 0.255 e. The number of thiazole rings is 1. The van der Waals surface area contributed by atoms with Gasteiger partial charge >= 0.3 is 0 Å². The van der Waals surface area contributed by atoms with Gasteiger partial charge in [0.05, 0.1) is 20.9 Å². The average molecular weight is 303 g/mol. The molecule has 100 valence electrons. The first-order valence-electron chi connectivity index (χ1n) is 6.05. The quantitative estimate of drug-likeness (QED) is 0.756. The summed E-state index contributed by atoms with van der Waals surface area (Å²) in [5.74, 6) is -0.137. The lowest BCUT2D eigenvalue weighted by Gasteiger charge is -2.07. The molecule has 1 heterocycles. The molecule has 0 unspecified atom stereocenters. The number of benzene rings is 2. The van der Waals surface area contributed by atoms with E-state index in [1.54, 1.807) is 17.6 Å². The molecule has 0 saturated carbocycles. The topological polar surface area (TPSA) is 42.0 Å². The van der Waals surface area contributed by atoms with Gasteiger partial charge in [0.15, 0.2) is 0 Å². The number of amides is 1. The molecule has 1 aromatic heterocycles. The number of hydrogen-bond acceptors (Lipinski definition) is 3. The highest BCUT2D eigenvalue weighted by atomic mass is 35.5. The number of aromatic nitrogens is 1. The predicted octanol–water partition coefficient (Wildman–Crippen LogP) is 4.51. The number of nitrogens with one attached hydrogen (secondary N) is 1. The van der Waals surface area contributed by atoms with Gasteiger partial charge in [-0.05, 0) is 31.2 Å². The maximum Gasteiger partial charge on any atom is 0.255 e. The Morgan fingerprint density at radius 3 is 2.70 bits per heavy atom. The Morgan fingerprint density at radius 1 is 1.20 bits per heavy atom. The molecule has 0 aliphatic rings. The van der Waals surface area contributed by atoms with Crippen LogP contribution in [0, 0.1) is 6.92 Å². The molecule has 0 bridgehead atoms. The highest BCUT2D eigenvalue weighted by molar-refractivity contribution is 7.17. The normalized spacial score (nSPS) is 10.7. The van der Waals surface area contributed by atoms with Crippen molar-refractivity contribution in [2.75, 3.05) is 5.32 Å². The number of halogens is 1. The number of hydrogen-bond donors (Lipinski definition) is 1. The van der Waals surface area contributed by atoms with Crippen LogP contribution in [0.25, 0.3) is 10.2 Å². The lowest BCUT2D eigenvalue weighted by molar-refractivity contribution is 0.102. The van der Waals surface area contributed by atoms with E-state index in [1.165, 1.54) is 11.3 Å². The molecule has 0 fully saturated rings. The Morgan fingerprint density at radius 2 is 1.95 bits per heavy atom. The van der Waals surface area contributed by atoms with Crippen LogP contribution in [0.5, 0.6) is 0 Å². The maximum atomic E-state index is 12.2. The van der Waals surface area contributed by atoms with Crippen molar-refractivity contribution in [1.29, 1.82) is 0 Å². The van der Waals surface area contributed by atoms with Crippen LogP contribution in [-0.2, 0) is 0 Å².